The van der Waals surface area contributed by atoms with Gasteiger partial charge in [-0.05, 0) is 28.8 Å². The molecule has 0 aliphatic rings. The molecule has 2 N–H and O–H groups in total. The molecule has 19 heavy (non-hydrogen) atoms. The Kier molecular flexibility index (Phi) is 2.73. The molecule has 3 aromatic rings. The number of thiophene rings is 1. The molecule has 0 aliphatic carbocycles. The van der Waals surface area contributed by atoms with Gasteiger partial charge in [0.05, 0.1) is 5.69 Å². The molecule has 0 atom stereocenters. The van der Waals surface area contributed by atoms with Gasteiger partial charge in [-0.1, -0.05) is 42.5 Å². The Bertz CT molecular complexity index is 804. The Morgan fingerprint density at radius 1 is 1.11 bits per heavy atom. The van der Waals surface area contributed by atoms with Crippen molar-refractivity contribution in [2.24, 2.45) is 0 Å². The van der Waals surface area contributed by atoms with E-state index in [0.717, 1.165) is 16.0 Å². The maximum absolute atomic E-state index is 9.10. The van der Waals surface area contributed by atoms with Gasteiger partial charge < -0.3 is 5.73 Å². The lowest BCUT2D eigenvalue weighted by molar-refractivity contribution is 1.50. The van der Waals surface area contributed by atoms with Crippen LogP contribution < -0.4 is 5.73 Å². The molecular formula is C16H12N2S. The largest absolute Gasteiger partial charge is 0.397 e. The van der Waals surface area contributed by atoms with Gasteiger partial charge in [-0.25, -0.2) is 0 Å². The number of nitrogens with zero attached hydrogens (tertiary/aromatic N) is 1. The molecule has 0 saturated heterocycles. The van der Waals surface area contributed by atoms with E-state index in [4.69, 9.17) is 11.0 Å². The summed E-state index contributed by atoms with van der Waals surface area (Å²) in [6.45, 7) is 1.98. The Balaban J connectivity index is 2.34. The Morgan fingerprint density at radius 2 is 1.84 bits per heavy atom. The van der Waals surface area contributed by atoms with Crippen LogP contribution in [0.15, 0.2) is 42.5 Å². The highest BCUT2D eigenvalue weighted by Crippen LogP contribution is 2.40. The molecule has 0 aliphatic heterocycles. The minimum atomic E-state index is 0.598. The lowest BCUT2D eigenvalue weighted by Gasteiger charge is -2.05. The maximum Gasteiger partial charge on any atom is 0.128 e. The third-order valence-electron chi connectivity index (χ3n) is 3.33. The van der Waals surface area contributed by atoms with E-state index in [1.54, 1.807) is 0 Å². The van der Waals surface area contributed by atoms with Gasteiger partial charge >= 0.3 is 0 Å². The summed E-state index contributed by atoms with van der Waals surface area (Å²) in [5, 5.41) is 11.5. The van der Waals surface area contributed by atoms with E-state index in [1.165, 1.54) is 22.1 Å². The number of nitriles is 1. The van der Waals surface area contributed by atoms with Gasteiger partial charge in [-0.15, -0.1) is 11.3 Å². The number of benzene rings is 2. The summed E-state index contributed by atoms with van der Waals surface area (Å²) in [6.07, 6.45) is 0. The summed E-state index contributed by atoms with van der Waals surface area (Å²) in [4.78, 5) is 1.69. The van der Waals surface area contributed by atoms with E-state index < -0.39 is 0 Å². The van der Waals surface area contributed by atoms with Gasteiger partial charge in [0.1, 0.15) is 10.9 Å². The normalized spacial score (nSPS) is 10.5. The van der Waals surface area contributed by atoms with Crippen LogP contribution in [0.2, 0.25) is 0 Å². The third kappa shape index (κ3) is 1.78. The predicted octanol–water partition coefficient (Wildman–Crippen LogP) is 4.33. The molecule has 0 spiro atoms. The van der Waals surface area contributed by atoms with Crippen LogP contribution in [-0.4, -0.2) is 0 Å². The van der Waals surface area contributed by atoms with Crippen LogP contribution in [0, 0.1) is 18.3 Å². The van der Waals surface area contributed by atoms with Crippen molar-refractivity contribution in [1.82, 2.24) is 0 Å². The zero-order valence-electron chi connectivity index (χ0n) is 10.5. The Hall–Kier alpha value is -2.31. The zero-order valence-corrected chi connectivity index (χ0v) is 11.3. The number of anilines is 1. The molecule has 3 heteroatoms. The lowest BCUT2D eigenvalue weighted by Crippen LogP contribution is -1.87. The topological polar surface area (TPSA) is 49.8 Å². The molecule has 0 saturated carbocycles. The number of nitrogens with two attached hydrogens (primary N) is 1. The van der Waals surface area contributed by atoms with Crippen molar-refractivity contribution in [3.05, 3.63) is 52.9 Å². The Labute approximate surface area is 115 Å². The fraction of sp³-hybridized carbons (Fsp3) is 0.0625. The van der Waals surface area contributed by atoms with Crippen LogP contribution in [0.5, 0.6) is 0 Å². The van der Waals surface area contributed by atoms with Crippen molar-refractivity contribution in [3.8, 4) is 16.5 Å². The average molecular weight is 264 g/mol. The monoisotopic (exact) mass is 264 g/mol. The number of rotatable bonds is 1. The highest BCUT2D eigenvalue weighted by Gasteiger charge is 2.15. The predicted molar refractivity (Wildman–Crippen MR) is 81.1 cm³/mol. The molecule has 3 rings (SSSR count). The molecule has 0 bridgehead atoms. The summed E-state index contributed by atoms with van der Waals surface area (Å²) >= 11 is 1.47. The minimum absolute atomic E-state index is 0.598. The first-order chi connectivity index (χ1) is 9.22. The molecule has 1 aromatic heterocycles. The van der Waals surface area contributed by atoms with E-state index in [9.17, 15) is 0 Å². The van der Waals surface area contributed by atoms with Gasteiger partial charge in [0.15, 0.2) is 0 Å². The number of hydrogen-bond acceptors (Lipinski definition) is 3. The van der Waals surface area contributed by atoms with Crippen LogP contribution in [0.4, 0.5) is 5.69 Å². The Morgan fingerprint density at radius 3 is 2.58 bits per heavy atom. The van der Waals surface area contributed by atoms with Crippen molar-refractivity contribution in [2.75, 3.05) is 5.73 Å². The lowest BCUT2D eigenvalue weighted by atomic mass is 10.0. The standard InChI is InChI=1S/C16H12N2S/c1-10-15(18)14(9-17)19-16(10)13-8-4-6-11-5-2-3-7-12(11)13/h2-8H,18H2,1H3. The van der Waals surface area contributed by atoms with Crippen LogP contribution in [-0.2, 0) is 0 Å². The van der Waals surface area contributed by atoms with E-state index in [2.05, 4.69) is 30.3 Å². The highest BCUT2D eigenvalue weighted by atomic mass is 32.1. The third-order valence-corrected chi connectivity index (χ3v) is 4.57. The zero-order chi connectivity index (χ0) is 13.4. The van der Waals surface area contributed by atoms with E-state index in [-0.39, 0.29) is 0 Å². The first kappa shape index (κ1) is 11.8. The summed E-state index contributed by atoms with van der Waals surface area (Å²) < 4.78 is 0. The molecule has 0 fully saturated rings. The van der Waals surface area contributed by atoms with Gasteiger partial charge in [0.2, 0.25) is 0 Å². The molecule has 2 nitrogen and oxygen atoms in total. The SMILES string of the molecule is Cc1c(-c2cccc3ccccc23)sc(C#N)c1N. The summed E-state index contributed by atoms with van der Waals surface area (Å²) in [5.41, 5.74) is 8.74. The van der Waals surface area contributed by atoms with Crippen LogP contribution in [0.25, 0.3) is 21.2 Å². The van der Waals surface area contributed by atoms with Crippen LogP contribution >= 0.6 is 11.3 Å². The summed E-state index contributed by atoms with van der Waals surface area (Å²) in [6, 6.07) is 16.6. The van der Waals surface area contributed by atoms with E-state index in [1.807, 2.05) is 25.1 Å². The van der Waals surface area contributed by atoms with Gasteiger partial charge in [-0.2, -0.15) is 5.26 Å². The summed E-state index contributed by atoms with van der Waals surface area (Å²) in [7, 11) is 0. The van der Waals surface area contributed by atoms with Gasteiger partial charge in [-0.3, -0.25) is 0 Å². The van der Waals surface area contributed by atoms with E-state index in [0.29, 0.717) is 10.6 Å². The number of hydrogen-bond donors (Lipinski definition) is 1. The van der Waals surface area contributed by atoms with Crippen LogP contribution in [0.1, 0.15) is 10.4 Å². The molecule has 1 heterocycles. The second-order valence-electron chi connectivity index (χ2n) is 4.44. The molecular weight excluding hydrogens is 252 g/mol. The van der Waals surface area contributed by atoms with Gasteiger partial charge in [0, 0.05) is 4.88 Å². The molecule has 0 radical (unpaired) electrons. The minimum Gasteiger partial charge on any atom is -0.397 e. The van der Waals surface area contributed by atoms with Crippen molar-refractivity contribution in [3.63, 3.8) is 0 Å². The quantitative estimate of drug-likeness (QED) is 0.711. The molecule has 2 aromatic carbocycles. The highest BCUT2D eigenvalue weighted by molar-refractivity contribution is 7.17. The van der Waals surface area contributed by atoms with Crippen molar-refractivity contribution < 1.29 is 0 Å². The maximum atomic E-state index is 9.10. The number of fused-ring (bicyclic) bond motifs is 1. The van der Waals surface area contributed by atoms with Crippen molar-refractivity contribution >= 4 is 27.8 Å². The second kappa shape index (κ2) is 4.42. The second-order valence-corrected chi connectivity index (χ2v) is 5.46. The van der Waals surface area contributed by atoms with Crippen molar-refractivity contribution in [2.45, 2.75) is 6.92 Å². The average Bonchev–Trinajstić information content (AvgIpc) is 2.74. The van der Waals surface area contributed by atoms with E-state index >= 15 is 0 Å². The molecule has 0 amide bonds. The van der Waals surface area contributed by atoms with Crippen molar-refractivity contribution in [1.29, 1.82) is 5.26 Å². The fourth-order valence-corrected chi connectivity index (χ4v) is 3.35. The fourth-order valence-electron chi connectivity index (χ4n) is 2.29. The van der Waals surface area contributed by atoms with Crippen LogP contribution in [0.3, 0.4) is 0 Å². The smallest absolute Gasteiger partial charge is 0.128 e. The first-order valence-electron chi connectivity index (χ1n) is 5.99. The summed E-state index contributed by atoms with van der Waals surface area (Å²) in [5.74, 6) is 0. The first-order valence-corrected chi connectivity index (χ1v) is 6.81. The number of nitrogen functional groups attached to an aromatic ring is 1. The molecule has 0 unspecified atom stereocenters. The molecule has 92 valence electrons. The van der Waals surface area contributed by atoms with Gasteiger partial charge in [0.25, 0.3) is 0 Å².